The fourth-order valence-corrected chi connectivity index (χ4v) is 1.62. The Kier molecular flexibility index (Phi) is 1.93. The third kappa shape index (κ3) is 1.33. The molecule has 5 heteroatoms. The average Bonchev–Trinajstić information content (AvgIpc) is 2.47. The van der Waals surface area contributed by atoms with Crippen LogP contribution in [0.4, 0.5) is 0 Å². The van der Waals surface area contributed by atoms with E-state index in [1.165, 1.54) is 0 Å². The van der Waals surface area contributed by atoms with Gasteiger partial charge in [0.1, 0.15) is 0 Å². The van der Waals surface area contributed by atoms with Crippen LogP contribution in [0.3, 0.4) is 0 Å². The summed E-state index contributed by atoms with van der Waals surface area (Å²) in [6.07, 6.45) is 0. The van der Waals surface area contributed by atoms with Crippen molar-refractivity contribution in [3.8, 4) is 0 Å². The van der Waals surface area contributed by atoms with Crippen LogP contribution in [0.5, 0.6) is 0 Å². The Bertz CT molecular complexity index is 519. The summed E-state index contributed by atoms with van der Waals surface area (Å²) < 4.78 is 0. The van der Waals surface area contributed by atoms with E-state index in [-0.39, 0.29) is 5.82 Å². The molecule has 0 atom stereocenters. The van der Waals surface area contributed by atoms with Crippen LogP contribution in [-0.4, -0.2) is 21.0 Å². The number of aromatic nitrogens is 2. The van der Waals surface area contributed by atoms with Crippen molar-refractivity contribution in [1.29, 1.82) is 0 Å². The number of hydrogen-bond acceptors (Lipinski definition) is 2. The van der Waals surface area contributed by atoms with Gasteiger partial charge in [0.05, 0.1) is 11.0 Å². The first kappa shape index (κ1) is 9.02. The van der Waals surface area contributed by atoms with Crippen molar-refractivity contribution in [2.24, 2.45) is 0 Å². The van der Waals surface area contributed by atoms with E-state index in [2.05, 4.69) is 9.97 Å². The van der Waals surface area contributed by atoms with E-state index in [1.54, 1.807) is 12.1 Å². The Morgan fingerprint density at radius 2 is 2.29 bits per heavy atom. The van der Waals surface area contributed by atoms with Crippen molar-refractivity contribution < 1.29 is 9.90 Å². The van der Waals surface area contributed by atoms with Gasteiger partial charge < -0.3 is 10.1 Å². The number of carboxylic acid groups (broad SMARTS) is 1. The molecule has 72 valence electrons. The Balaban J connectivity index is 2.76. The lowest BCUT2D eigenvalue weighted by Gasteiger charge is -1.94. The van der Waals surface area contributed by atoms with Crippen molar-refractivity contribution in [1.82, 2.24) is 9.97 Å². The predicted octanol–water partition coefficient (Wildman–Crippen LogP) is 2.22. The van der Waals surface area contributed by atoms with E-state index in [1.807, 2.05) is 6.92 Å². The minimum atomic E-state index is -1.07. The van der Waals surface area contributed by atoms with E-state index in [9.17, 15) is 4.79 Å². The number of aromatic carboxylic acids is 1. The average molecular weight is 211 g/mol. The molecule has 0 bridgehead atoms. The zero-order valence-corrected chi connectivity index (χ0v) is 8.09. The number of carbonyl (C=O) groups is 1. The van der Waals surface area contributed by atoms with E-state index >= 15 is 0 Å². The SMILES string of the molecule is Cc1cc(Cl)cc2[nH]c(C(=O)O)nc12. The molecule has 2 aromatic rings. The maximum atomic E-state index is 10.6. The maximum Gasteiger partial charge on any atom is 0.371 e. The summed E-state index contributed by atoms with van der Waals surface area (Å²) in [6, 6.07) is 3.40. The standard InChI is InChI=1S/C9H7ClN2O2/c1-4-2-5(10)3-6-7(4)12-8(11-6)9(13)14/h2-3H,1H3,(H,11,12)(H,13,14). The lowest BCUT2D eigenvalue weighted by Crippen LogP contribution is -1.97. The van der Waals surface area contributed by atoms with Crippen molar-refractivity contribution in [3.63, 3.8) is 0 Å². The summed E-state index contributed by atoms with van der Waals surface area (Å²) in [5.74, 6) is -1.14. The molecule has 1 heterocycles. The number of aryl methyl sites for hydroxylation is 1. The molecule has 0 aliphatic carbocycles. The second kappa shape index (κ2) is 2.99. The van der Waals surface area contributed by atoms with E-state index in [0.29, 0.717) is 16.1 Å². The van der Waals surface area contributed by atoms with Crippen molar-refractivity contribution >= 4 is 28.6 Å². The molecule has 0 aliphatic heterocycles. The first-order chi connectivity index (χ1) is 6.58. The number of halogens is 1. The first-order valence-electron chi connectivity index (χ1n) is 3.97. The van der Waals surface area contributed by atoms with E-state index in [4.69, 9.17) is 16.7 Å². The number of carboxylic acids is 1. The molecule has 1 aromatic carbocycles. The molecule has 0 fully saturated rings. The van der Waals surface area contributed by atoms with Crippen LogP contribution < -0.4 is 0 Å². The summed E-state index contributed by atoms with van der Waals surface area (Å²) in [6.45, 7) is 1.83. The van der Waals surface area contributed by atoms with Gasteiger partial charge in [-0.1, -0.05) is 11.6 Å². The van der Waals surface area contributed by atoms with Gasteiger partial charge >= 0.3 is 5.97 Å². The van der Waals surface area contributed by atoms with Gasteiger partial charge in [-0.15, -0.1) is 0 Å². The molecule has 2 N–H and O–H groups in total. The number of aromatic amines is 1. The molecule has 0 saturated heterocycles. The van der Waals surface area contributed by atoms with Crippen LogP contribution in [0.2, 0.25) is 5.02 Å². The van der Waals surface area contributed by atoms with Crippen LogP contribution in [0.15, 0.2) is 12.1 Å². The monoisotopic (exact) mass is 210 g/mol. The van der Waals surface area contributed by atoms with E-state index < -0.39 is 5.97 Å². The highest BCUT2D eigenvalue weighted by atomic mass is 35.5. The third-order valence-corrected chi connectivity index (χ3v) is 2.16. The summed E-state index contributed by atoms with van der Waals surface area (Å²) in [5, 5.41) is 9.28. The number of nitrogens with one attached hydrogen (secondary N) is 1. The van der Waals surface area contributed by atoms with Gasteiger partial charge in [-0.2, -0.15) is 0 Å². The second-order valence-corrected chi connectivity index (χ2v) is 3.45. The topological polar surface area (TPSA) is 66.0 Å². The fraction of sp³-hybridized carbons (Fsp3) is 0.111. The molecule has 2 rings (SSSR count). The van der Waals surface area contributed by atoms with Crippen LogP contribution in [-0.2, 0) is 0 Å². The summed E-state index contributed by atoms with van der Waals surface area (Å²) >= 11 is 5.82. The van der Waals surface area contributed by atoms with Gasteiger partial charge in [-0.05, 0) is 24.6 Å². The minimum Gasteiger partial charge on any atom is -0.475 e. The van der Waals surface area contributed by atoms with E-state index in [0.717, 1.165) is 5.56 Å². The smallest absolute Gasteiger partial charge is 0.371 e. The molecular weight excluding hydrogens is 204 g/mol. The molecule has 0 saturated carbocycles. The molecule has 0 amide bonds. The molecule has 0 aliphatic rings. The van der Waals surface area contributed by atoms with Crippen molar-refractivity contribution in [3.05, 3.63) is 28.5 Å². The highest BCUT2D eigenvalue weighted by Gasteiger charge is 2.11. The molecule has 0 unspecified atom stereocenters. The number of H-pyrrole nitrogens is 1. The van der Waals surface area contributed by atoms with Gasteiger partial charge in [0.2, 0.25) is 5.82 Å². The fourth-order valence-electron chi connectivity index (χ4n) is 1.35. The lowest BCUT2D eigenvalue weighted by atomic mass is 10.2. The Hall–Kier alpha value is -1.55. The quantitative estimate of drug-likeness (QED) is 0.759. The van der Waals surface area contributed by atoms with Crippen LogP contribution in [0.25, 0.3) is 11.0 Å². The number of imidazole rings is 1. The number of fused-ring (bicyclic) bond motifs is 1. The summed E-state index contributed by atoms with van der Waals surface area (Å²) in [5.41, 5.74) is 2.15. The molecule has 1 aromatic heterocycles. The first-order valence-corrected chi connectivity index (χ1v) is 4.35. The van der Waals surface area contributed by atoms with Gasteiger partial charge in [0.25, 0.3) is 0 Å². The normalized spacial score (nSPS) is 10.7. The van der Waals surface area contributed by atoms with Crippen LogP contribution in [0, 0.1) is 6.92 Å². The Labute approximate surface area is 84.5 Å². The van der Waals surface area contributed by atoms with Crippen molar-refractivity contribution in [2.45, 2.75) is 6.92 Å². The van der Waals surface area contributed by atoms with Gasteiger partial charge in [-0.25, -0.2) is 9.78 Å². The summed E-state index contributed by atoms with van der Waals surface area (Å²) in [7, 11) is 0. The molecule has 0 radical (unpaired) electrons. The Morgan fingerprint density at radius 3 is 2.93 bits per heavy atom. The predicted molar refractivity (Wildman–Crippen MR) is 52.8 cm³/mol. The number of hydrogen-bond donors (Lipinski definition) is 2. The second-order valence-electron chi connectivity index (χ2n) is 3.01. The van der Waals surface area contributed by atoms with Gasteiger partial charge in [-0.3, -0.25) is 0 Å². The number of nitrogens with zero attached hydrogens (tertiary/aromatic N) is 1. The maximum absolute atomic E-state index is 10.6. The molecule has 4 nitrogen and oxygen atoms in total. The number of benzene rings is 1. The summed E-state index contributed by atoms with van der Waals surface area (Å²) in [4.78, 5) is 17.3. The highest BCUT2D eigenvalue weighted by molar-refractivity contribution is 6.31. The largest absolute Gasteiger partial charge is 0.475 e. The zero-order chi connectivity index (χ0) is 10.3. The number of rotatable bonds is 1. The van der Waals surface area contributed by atoms with Gasteiger partial charge in [0.15, 0.2) is 0 Å². The molecule has 0 spiro atoms. The highest BCUT2D eigenvalue weighted by Crippen LogP contribution is 2.21. The third-order valence-electron chi connectivity index (χ3n) is 1.94. The van der Waals surface area contributed by atoms with Crippen molar-refractivity contribution in [2.75, 3.05) is 0 Å². The zero-order valence-electron chi connectivity index (χ0n) is 7.34. The molecule has 14 heavy (non-hydrogen) atoms. The van der Waals surface area contributed by atoms with Crippen LogP contribution in [0.1, 0.15) is 16.2 Å². The van der Waals surface area contributed by atoms with Crippen LogP contribution >= 0.6 is 11.6 Å². The minimum absolute atomic E-state index is 0.0645. The van der Waals surface area contributed by atoms with Gasteiger partial charge in [0, 0.05) is 5.02 Å². The molecular formula is C9H7ClN2O2. The Morgan fingerprint density at radius 1 is 1.57 bits per heavy atom. The lowest BCUT2D eigenvalue weighted by molar-refractivity contribution is 0.0685.